The number of anilines is 1. The zero-order valence-corrected chi connectivity index (χ0v) is 10.1. The third-order valence-corrected chi connectivity index (χ3v) is 2.86. The molecule has 5 nitrogen and oxygen atoms in total. The summed E-state index contributed by atoms with van der Waals surface area (Å²) < 4.78 is 5.49. The minimum Gasteiger partial charge on any atom is -0.491 e. The molecule has 0 spiro atoms. The molecular weight excluding hydrogens is 232 g/mol. The van der Waals surface area contributed by atoms with Crippen molar-refractivity contribution in [1.29, 1.82) is 0 Å². The molecule has 1 aliphatic heterocycles. The molecule has 96 valence electrons. The van der Waals surface area contributed by atoms with E-state index in [0.29, 0.717) is 43.9 Å². The second-order valence-corrected chi connectivity index (χ2v) is 4.18. The SMILES string of the molecule is Nc1ccccc1OCCCN1C(=O)CCC1=O. The molecule has 2 N–H and O–H groups in total. The van der Waals surface area contributed by atoms with Gasteiger partial charge in [0.1, 0.15) is 5.75 Å². The van der Waals surface area contributed by atoms with E-state index in [9.17, 15) is 9.59 Å². The molecule has 1 aliphatic rings. The van der Waals surface area contributed by atoms with Crippen LogP contribution in [0.1, 0.15) is 19.3 Å². The first-order valence-corrected chi connectivity index (χ1v) is 5.99. The summed E-state index contributed by atoms with van der Waals surface area (Å²) in [5.41, 5.74) is 6.31. The summed E-state index contributed by atoms with van der Waals surface area (Å²) in [5, 5.41) is 0. The lowest BCUT2D eigenvalue weighted by Crippen LogP contribution is -2.30. The van der Waals surface area contributed by atoms with Gasteiger partial charge in [-0.3, -0.25) is 14.5 Å². The van der Waals surface area contributed by atoms with Gasteiger partial charge in [0, 0.05) is 19.4 Å². The molecule has 2 rings (SSSR count). The van der Waals surface area contributed by atoms with Crippen molar-refractivity contribution in [3.05, 3.63) is 24.3 Å². The molecule has 0 saturated carbocycles. The molecule has 5 heteroatoms. The molecule has 0 unspecified atom stereocenters. The number of hydrogen-bond acceptors (Lipinski definition) is 4. The van der Waals surface area contributed by atoms with Gasteiger partial charge < -0.3 is 10.5 Å². The summed E-state index contributed by atoms with van der Waals surface area (Å²) in [6, 6.07) is 7.24. The van der Waals surface area contributed by atoms with E-state index in [1.807, 2.05) is 12.1 Å². The lowest BCUT2D eigenvalue weighted by Gasteiger charge is -2.14. The number of imide groups is 1. The lowest BCUT2D eigenvalue weighted by molar-refractivity contribution is -0.138. The predicted octanol–water partition coefficient (Wildman–Crippen LogP) is 1.19. The summed E-state index contributed by atoms with van der Waals surface area (Å²) in [6.07, 6.45) is 1.29. The van der Waals surface area contributed by atoms with Gasteiger partial charge in [0.15, 0.2) is 0 Å². The standard InChI is InChI=1S/C13H16N2O3/c14-10-4-1-2-5-11(10)18-9-3-8-15-12(16)6-7-13(15)17/h1-2,4-5H,3,6-9,14H2. The van der Waals surface area contributed by atoms with Crippen molar-refractivity contribution in [3.8, 4) is 5.75 Å². The average molecular weight is 248 g/mol. The minimum atomic E-state index is -0.0841. The van der Waals surface area contributed by atoms with Gasteiger partial charge in [0.05, 0.1) is 12.3 Å². The fourth-order valence-electron chi connectivity index (χ4n) is 1.89. The minimum absolute atomic E-state index is 0.0841. The van der Waals surface area contributed by atoms with Crippen LogP contribution in [0.5, 0.6) is 5.75 Å². The normalized spacial score (nSPS) is 15.2. The molecule has 1 fully saturated rings. The maximum Gasteiger partial charge on any atom is 0.229 e. The Bertz CT molecular complexity index is 443. The average Bonchev–Trinajstić information content (AvgIpc) is 2.67. The topological polar surface area (TPSA) is 72.6 Å². The molecular formula is C13H16N2O3. The van der Waals surface area contributed by atoms with Gasteiger partial charge in [-0.15, -0.1) is 0 Å². The molecule has 1 heterocycles. The van der Waals surface area contributed by atoms with Gasteiger partial charge >= 0.3 is 0 Å². The van der Waals surface area contributed by atoms with Crippen molar-refractivity contribution in [2.45, 2.75) is 19.3 Å². The number of carbonyl (C=O) groups excluding carboxylic acids is 2. The molecule has 1 aromatic carbocycles. The van der Waals surface area contributed by atoms with Crippen LogP contribution in [0.2, 0.25) is 0 Å². The molecule has 0 radical (unpaired) electrons. The Hall–Kier alpha value is -2.04. The number of likely N-dealkylation sites (tertiary alicyclic amines) is 1. The Kier molecular flexibility index (Phi) is 3.82. The highest BCUT2D eigenvalue weighted by Gasteiger charge is 2.27. The third-order valence-electron chi connectivity index (χ3n) is 2.86. The number of para-hydroxylation sites is 2. The molecule has 1 aromatic rings. The molecule has 18 heavy (non-hydrogen) atoms. The number of nitrogen functional groups attached to an aromatic ring is 1. The molecule has 0 aliphatic carbocycles. The lowest BCUT2D eigenvalue weighted by atomic mass is 10.3. The van der Waals surface area contributed by atoms with E-state index in [0.717, 1.165) is 0 Å². The summed E-state index contributed by atoms with van der Waals surface area (Å²) in [6.45, 7) is 0.857. The maximum atomic E-state index is 11.3. The number of ether oxygens (including phenoxy) is 1. The van der Waals surface area contributed by atoms with Crippen molar-refractivity contribution >= 4 is 17.5 Å². The van der Waals surface area contributed by atoms with Crippen LogP contribution in [0.3, 0.4) is 0 Å². The Morgan fingerprint density at radius 1 is 1.17 bits per heavy atom. The number of hydrogen-bond donors (Lipinski definition) is 1. The van der Waals surface area contributed by atoms with Crippen molar-refractivity contribution in [2.24, 2.45) is 0 Å². The van der Waals surface area contributed by atoms with E-state index in [-0.39, 0.29) is 11.8 Å². The largest absolute Gasteiger partial charge is 0.491 e. The van der Waals surface area contributed by atoms with Gasteiger partial charge in [-0.25, -0.2) is 0 Å². The first-order chi connectivity index (χ1) is 8.68. The molecule has 2 amide bonds. The van der Waals surface area contributed by atoms with Crippen LogP contribution < -0.4 is 10.5 Å². The monoisotopic (exact) mass is 248 g/mol. The number of amides is 2. The van der Waals surface area contributed by atoms with Crippen LogP contribution in [0.25, 0.3) is 0 Å². The Balaban J connectivity index is 1.75. The Labute approximate surface area is 106 Å². The van der Waals surface area contributed by atoms with E-state index >= 15 is 0 Å². The molecule has 0 bridgehead atoms. The second kappa shape index (κ2) is 5.53. The van der Waals surface area contributed by atoms with E-state index in [1.165, 1.54) is 4.90 Å². The Morgan fingerprint density at radius 3 is 2.50 bits per heavy atom. The van der Waals surface area contributed by atoms with Crippen molar-refractivity contribution in [2.75, 3.05) is 18.9 Å². The van der Waals surface area contributed by atoms with Crippen LogP contribution in [-0.4, -0.2) is 29.9 Å². The van der Waals surface area contributed by atoms with E-state index in [1.54, 1.807) is 12.1 Å². The van der Waals surface area contributed by atoms with E-state index < -0.39 is 0 Å². The molecule has 0 atom stereocenters. The highest BCUT2D eigenvalue weighted by atomic mass is 16.5. The third kappa shape index (κ3) is 2.80. The van der Waals surface area contributed by atoms with Gasteiger partial charge in [0.2, 0.25) is 11.8 Å². The van der Waals surface area contributed by atoms with Crippen LogP contribution in [-0.2, 0) is 9.59 Å². The van der Waals surface area contributed by atoms with Gasteiger partial charge in [-0.1, -0.05) is 12.1 Å². The zero-order valence-electron chi connectivity index (χ0n) is 10.1. The van der Waals surface area contributed by atoms with Crippen molar-refractivity contribution < 1.29 is 14.3 Å². The summed E-state index contributed by atoms with van der Waals surface area (Å²) in [7, 11) is 0. The summed E-state index contributed by atoms with van der Waals surface area (Å²) in [5.74, 6) is 0.468. The summed E-state index contributed by atoms with van der Waals surface area (Å²) >= 11 is 0. The number of carbonyl (C=O) groups is 2. The van der Waals surface area contributed by atoms with Gasteiger partial charge in [-0.05, 0) is 18.6 Å². The van der Waals surface area contributed by atoms with E-state index in [4.69, 9.17) is 10.5 Å². The quantitative estimate of drug-likeness (QED) is 0.482. The highest BCUT2D eigenvalue weighted by Crippen LogP contribution is 2.20. The van der Waals surface area contributed by atoms with Crippen LogP contribution in [0, 0.1) is 0 Å². The highest BCUT2D eigenvalue weighted by molar-refractivity contribution is 6.01. The van der Waals surface area contributed by atoms with Gasteiger partial charge in [-0.2, -0.15) is 0 Å². The zero-order chi connectivity index (χ0) is 13.0. The van der Waals surface area contributed by atoms with E-state index in [2.05, 4.69) is 0 Å². The first-order valence-electron chi connectivity index (χ1n) is 5.99. The van der Waals surface area contributed by atoms with Crippen LogP contribution in [0.4, 0.5) is 5.69 Å². The number of rotatable bonds is 5. The number of nitrogens with zero attached hydrogens (tertiary/aromatic N) is 1. The molecule has 1 saturated heterocycles. The van der Waals surface area contributed by atoms with Gasteiger partial charge in [0.25, 0.3) is 0 Å². The maximum absolute atomic E-state index is 11.3. The van der Waals surface area contributed by atoms with Crippen molar-refractivity contribution in [3.63, 3.8) is 0 Å². The van der Waals surface area contributed by atoms with Crippen LogP contribution >= 0.6 is 0 Å². The first kappa shape index (κ1) is 12.4. The molecule has 0 aromatic heterocycles. The van der Waals surface area contributed by atoms with Crippen LogP contribution in [0.15, 0.2) is 24.3 Å². The second-order valence-electron chi connectivity index (χ2n) is 4.18. The fourth-order valence-corrected chi connectivity index (χ4v) is 1.89. The Morgan fingerprint density at radius 2 is 1.83 bits per heavy atom. The fraction of sp³-hybridized carbons (Fsp3) is 0.385. The smallest absolute Gasteiger partial charge is 0.229 e. The number of nitrogens with two attached hydrogens (primary N) is 1. The summed E-state index contributed by atoms with van der Waals surface area (Å²) in [4.78, 5) is 24.0. The van der Waals surface area contributed by atoms with Crippen molar-refractivity contribution in [1.82, 2.24) is 4.90 Å². The number of benzene rings is 1. The predicted molar refractivity (Wildman–Crippen MR) is 66.9 cm³/mol.